The van der Waals surface area contributed by atoms with Gasteiger partial charge in [0.25, 0.3) is 0 Å². The molecule has 0 aliphatic rings. The Morgan fingerprint density at radius 3 is 0.815 bits per heavy atom. The van der Waals surface area contributed by atoms with Crippen LogP contribution >= 0.6 is 0 Å². The molecule has 0 aromatic carbocycles. The molecule has 0 fully saturated rings. The van der Waals surface area contributed by atoms with Crippen molar-refractivity contribution in [2.45, 2.75) is 233 Å². The Balaban J connectivity index is 4.05. The van der Waals surface area contributed by atoms with Gasteiger partial charge in [-0.25, -0.2) is 0 Å². The number of hydrogen-bond donors (Lipinski definition) is 2. The first kappa shape index (κ1) is 53.3. The Hall–Kier alpha value is -0.680. The lowest BCUT2D eigenvalue weighted by atomic mass is 10.1. The zero-order valence-corrected chi connectivity index (χ0v) is 37.8. The SMILES string of the molecule is CCCCCCCCC/C=C/CCCCCCCCN(CCCCN(CCCCCCCC/C=C/CCCCCCCCC)CC(C)CN)CC(C)CN. The van der Waals surface area contributed by atoms with E-state index in [-0.39, 0.29) is 0 Å². The van der Waals surface area contributed by atoms with E-state index in [9.17, 15) is 0 Å². The van der Waals surface area contributed by atoms with Gasteiger partial charge in [0.2, 0.25) is 0 Å². The molecule has 0 aromatic rings. The normalized spacial score (nSPS) is 13.4. The molecular formula is C50H102N4. The Kier molecular flexibility index (Phi) is 44.5. The van der Waals surface area contributed by atoms with Gasteiger partial charge in [-0.3, -0.25) is 0 Å². The highest BCUT2D eigenvalue weighted by molar-refractivity contribution is 4.82. The minimum Gasteiger partial charge on any atom is -0.330 e. The standard InChI is InChI=1S/C50H102N4/c1-5-7-9-11-13-15-17-19-21-23-25-27-29-31-33-35-37-41-53(47-49(3)45-51)43-39-40-44-54(48-50(4)46-52)42-38-36-34-32-30-28-26-24-22-20-18-16-14-12-10-8-6-2/h21-24,49-50H,5-20,25-48,51-52H2,1-4H3/b23-21+,24-22+. The Bertz CT molecular complexity index is 689. The molecule has 0 bridgehead atoms. The van der Waals surface area contributed by atoms with Crippen molar-refractivity contribution in [3.63, 3.8) is 0 Å². The first-order chi connectivity index (χ1) is 26.6. The summed E-state index contributed by atoms with van der Waals surface area (Å²) in [5.41, 5.74) is 12.1. The van der Waals surface area contributed by atoms with Crippen LogP contribution in [0.4, 0.5) is 0 Å². The number of nitrogens with zero attached hydrogens (tertiary/aromatic N) is 2. The summed E-state index contributed by atoms with van der Waals surface area (Å²) in [4.78, 5) is 5.46. The van der Waals surface area contributed by atoms with Crippen LogP contribution in [0.1, 0.15) is 233 Å². The van der Waals surface area contributed by atoms with E-state index in [0.717, 1.165) is 26.2 Å². The quantitative estimate of drug-likeness (QED) is 0.0480. The van der Waals surface area contributed by atoms with Crippen LogP contribution in [-0.2, 0) is 0 Å². The number of nitrogens with two attached hydrogens (primary N) is 2. The third-order valence-corrected chi connectivity index (χ3v) is 11.6. The first-order valence-electron chi connectivity index (χ1n) is 24.7. The summed E-state index contributed by atoms with van der Waals surface area (Å²) in [7, 11) is 0. The molecular weight excluding hydrogens is 657 g/mol. The molecule has 4 nitrogen and oxygen atoms in total. The maximum absolute atomic E-state index is 6.05. The summed E-state index contributed by atoms with van der Waals surface area (Å²) in [6.45, 7) is 18.1. The molecule has 322 valence electrons. The van der Waals surface area contributed by atoms with E-state index in [4.69, 9.17) is 11.5 Å². The molecule has 0 heterocycles. The minimum atomic E-state index is 0.585. The van der Waals surface area contributed by atoms with E-state index in [1.54, 1.807) is 0 Å². The number of unbranched alkanes of at least 4 members (excludes halogenated alkanes) is 27. The lowest BCUT2D eigenvalue weighted by Gasteiger charge is -2.27. The summed E-state index contributed by atoms with van der Waals surface area (Å²) in [6, 6.07) is 0. The third kappa shape index (κ3) is 41.0. The number of allylic oxidation sites excluding steroid dienone is 4. The van der Waals surface area contributed by atoms with Crippen LogP contribution in [0.3, 0.4) is 0 Å². The molecule has 0 aromatic heterocycles. The smallest absolute Gasteiger partial charge is 0.00191 e. The fraction of sp³-hybridized carbons (Fsp3) is 0.920. The monoisotopic (exact) mass is 759 g/mol. The summed E-state index contributed by atoms with van der Waals surface area (Å²) < 4.78 is 0. The van der Waals surface area contributed by atoms with Crippen LogP contribution in [0.25, 0.3) is 0 Å². The fourth-order valence-electron chi connectivity index (χ4n) is 7.81. The second-order valence-electron chi connectivity index (χ2n) is 17.6. The molecule has 4 N–H and O–H groups in total. The van der Waals surface area contributed by atoms with Crippen molar-refractivity contribution in [2.24, 2.45) is 23.3 Å². The van der Waals surface area contributed by atoms with Crippen molar-refractivity contribution in [2.75, 3.05) is 52.4 Å². The average molecular weight is 759 g/mol. The second-order valence-corrected chi connectivity index (χ2v) is 17.6. The van der Waals surface area contributed by atoms with Crippen LogP contribution in [0.15, 0.2) is 24.3 Å². The second kappa shape index (κ2) is 45.0. The van der Waals surface area contributed by atoms with E-state index in [0.29, 0.717) is 11.8 Å². The molecule has 4 heteroatoms. The molecule has 0 rings (SSSR count). The van der Waals surface area contributed by atoms with Crippen LogP contribution in [0.5, 0.6) is 0 Å². The van der Waals surface area contributed by atoms with Crippen molar-refractivity contribution < 1.29 is 0 Å². The number of rotatable bonds is 45. The van der Waals surface area contributed by atoms with Gasteiger partial charge in [-0.05, 0) is 128 Å². The van der Waals surface area contributed by atoms with Gasteiger partial charge in [-0.1, -0.05) is 180 Å². The van der Waals surface area contributed by atoms with Crippen molar-refractivity contribution in [3.8, 4) is 0 Å². The molecule has 0 saturated carbocycles. The van der Waals surface area contributed by atoms with Crippen LogP contribution in [0, 0.1) is 11.8 Å². The maximum atomic E-state index is 6.05. The zero-order valence-electron chi connectivity index (χ0n) is 37.8. The van der Waals surface area contributed by atoms with Crippen molar-refractivity contribution >= 4 is 0 Å². The molecule has 0 amide bonds. The highest BCUT2D eigenvalue weighted by atomic mass is 15.1. The molecule has 0 aliphatic carbocycles. The minimum absolute atomic E-state index is 0.585. The summed E-state index contributed by atoms with van der Waals surface area (Å²) in [5.74, 6) is 1.17. The topological polar surface area (TPSA) is 58.5 Å². The van der Waals surface area contributed by atoms with Crippen molar-refractivity contribution in [3.05, 3.63) is 24.3 Å². The van der Waals surface area contributed by atoms with Gasteiger partial charge in [0.1, 0.15) is 0 Å². The Labute approximate surface area is 341 Å². The highest BCUT2D eigenvalue weighted by Crippen LogP contribution is 2.14. The fourth-order valence-corrected chi connectivity index (χ4v) is 7.81. The average Bonchev–Trinajstić information content (AvgIpc) is 3.18. The lowest BCUT2D eigenvalue weighted by Crippen LogP contribution is -2.35. The van der Waals surface area contributed by atoms with Crippen LogP contribution in [-0.4, -0.2) is 62.2 Å². The predicted octanol–water partition coefficient (Wildman–Crippen LogP) is 14.4. The van der Waals surface area contributed by atoms with Gasteiger partial charge in [-0.2, -0.15) is 0 Å². The summed E-state index contributed by atoms with van der Waals surface area (Å²) in [6.07, 6.45) is 53.8. The molecule has 2 unspecified atom stereocenters. The maximum Gasteiger partial charge on any atom is 0.00191 e. The zero-order chi connectivity index (χ0) is 39.4. The van der Waals surface area contributed by atoms with E-state index in [1.807, 2.05) is 0 Å². The molecule has 2 atom stereocenters. The molecule has 0 aliphatic heterocycles. The number of hydrogen-bond acceptors (Lipinski definition) is 4. The molecule has 0 saturated heterocycles. The highest BCUT2D eigenvalue weighted by Gasteiger charge is 2.12. The molecule has 54 heavy (non-hydrogen) atoms. The van der Waals surface area contributed by atoms with Gasteiger partial charge >= 0.3 is 0 Å². The molecule has 0 radical (unpaired) electrons. The largest absolute Gasteiger partial charge is 0.330 e. The van der Waals surface area contributed by atoms with Gasteiger partial charge in [-0.15, -0.1) is 0 Å². The molecule has 0 spiro atoms. The summed E-state index contributed by atoms with van der Waals surface area (Å²) in [5, 5.41) is 0. The van der Waals surface area contributed by atoms with E-state index in [1.165, 1.54) is 232 Å². The van der Waals surface area contributed by atoms with Crippen molar-refractivity contribution in [1.82, 2.24) is 9.80 Å². The van der Waals surface area contributed by atoms with E-state index in [2.05, 4.69) is 61.8 Å². The first-order valence-corrected chi connectivity index (χ1v) is 24.7. The van der Waals surface area contributed by atoms with Crippen molar-refractivity contribution in [1.29, 1.82) is 0 Å². The Morgan fingerprint density at radius 1 is 0.333 bits per heavy atom. The van der Waals surface area contributed by atoms with E-state index < -0.39 is 0 Å². The van der Waals surface area contributed by atoms with Gasteiger partial charge < -0.3 is 21.3 Å². The lowest BCUT2D eigenvalue weighted by molar-refractivity contribution is 0.207. The van der Waals surface area contributed by atoms with Gasteiger partial charge in [0.15, 0.2) is 0 Å². The van der Waals surface area contributed by atoms with Gasteiger partial charge in [0, 0.05) is 13.1 Å². The van der Waals surface area contributed by atoms with Gasteiger partial charge in [0.05, 0.1) is 0 Å². The summed E-state index contributed by atoms with van der Waals surface area (Å²) >= 11 is 0. The third-order valence-electron chi connectivity index (χ3n) is 11.6. The van der Waals surface area contributed by atoms with E-state index >= 15 is 0 Å². The van der Waals surface area contributed by atoms with Crippen LogP contribution < -0.4 is 11.5 Å². The van der Waals surface area contributed by atoms with Crippen LogP contribution in [0.2, 0.25) is 0 Å². The predicted molar refractivity (Wildman–Crippen MR) is 247 cm³/mol. The Morgan fingerprint density at radius 2 is 0.556 bits per heavy atom.